The number of hydrogen-bond acceptors (Lipinski definition) is 4. The highest BCUT2D eigenvalue weighted by Crippen LogP contribution is 2.31. The molecule has 31 heavy (non-hydrogen) atoms. The van der Waals surface area contributed by atoms with E-state index in [0.717, 1.165) is 18.6 Å². The zero-order valence-corrected chi connectivity index (χ0v) is 17.7. The van der Waals surface area contributed by atoms with Gasteiger partial charge in [0.2, 0.25) is 0 Å². The van der Waals surface area contributed by atoms with Crippen molar-refractivity contribution in [1.82, 2.24) is 4.90 Å². The van der Waals surface area contributed by atoms with E-state index in [-0.39, 0.29) is 12.0 Å². The molecule has 1 heterocycles. The molecular weight excluding hydrogens is 411 g/mol. The van der Waals surface area contributed by atoms with Crippen molar-refractivity contribution in [2.24, 2.45) is 5.92 Å². The van der Waals surface area contributed by atoms with Crippen LogP contribution in [0.2, 0.25) is 0 Å². The number of likely N-dealkylation sites (tertiary alicyclic amines) is 1. The maximum Gasteiger partial charge on any atom is 0.416 e. The summed E-state index contributed by atoms with van der Waals surface area (Å²) in [5.41, 5.74) is -1.24. The van der Waals surface area contributed by atoms with Crippen LogP contribution in [-0.2, 0) is 10.9 Å². The lowest BCUT2D eigenvalue weighted by molar-refractivity contribution is -0.137. The Bertz CT molecular complexity index is 874. The van der Waals surface area contributed by atoms with Crippen molar-refractivity contribution in [3.8, 4) is 17.2 Å². The Morgan fingerprint density at radius 3 is 2.06 bits per heavy atom. The Kier molecular flexibility index (Phi) is 6.67. The molecule has 5 nitrogen and oxygen atoms in total. The van der Waals surface area contributed by atoms with Crippen LogP contribution >= 0.6 is 0 Å². The summed E-state index contributed by atoms with van der Waals surface area (Å²) in [6, 6.07) is 11.4. The van der Waals surface area contributed by atoms with Gasteiger partial charge in [0, 0.05) is 19.0 Å². The van der Waals surface area contributed by atoms with Gasteiger partial charge in [0.15, 0.2) is 0 Å². The van der Waals surface area contributed by atoms with E-state index < -0.39 is 17.3 Å². The monoisotopic (exact) mass is 437 g/mol. The summed E-state index contributed by atoms with van der Waals surface area (Å²) in [5.74, 6) is 1.67. The number of ether oxygens (including phenoxy) is 3. The Labute approximate surface area is 179 Å². The molecule has 0 spiro atoms. The van der Waals surface area contributed by atoms with Crippen molar-refractivity contribution in [3.63, 3.8) is 0 Å². The summed E-state index contributed by atoms with van der Waals surface area (Å²) in [6.45, 7) is 7.22. The van der Waals surface area contributed by atoms with E-state index in [1.54, 1.807) is 29.2 Å². The molecule has 1 saturated heterocycles. The number of nitrogens with zero attached hydrogens (tertiary/aromatic N) is 1. The molecule has 0 radical (unpaired) electrons. The van der Waals surface area contributed by atoms with Crippen LogP contribution in [0.3, 0.4) is 0 Å². The van der Waals surface area contributed by atoms with E-state index in [9.17, 15) is 18.0 Å². The molecule has 0 aromatic heterocycles. The molecule has 0 saturated carbocycles. The van der Waals surface area contributed by atoms with Crippen LogP contribution in [-0.4, -0.2) is 36.3 Å². The minimum absolute atomic E-state index is 0.218. The van der Waals surface area contributed by atoms with Gasteiger partial charge in [-0.3, -0.25) is 0 Å². The van der Waals surface area contributed by atoms with Crippen LogP contribution in [0.4, 0.5) is 18.0 Å². The first kappa shape index (κ1) is 22.8. The fraction of sp³-hybridized carbons (Fsp3) is 0.435. The van der Waals surface area contributed by atoms with Gasteiger partial charge in [-0.25, -0.2) is 4.79 Å². The topological polar surface area (TPSA) is 48.0 Å². The number of halogens is 3. The molecule has 2 aromatic rings. The second kappa shape index (κ2) is 9.08. The summed E-state index contributed by atoms with van der Waals surface area (Å²) in [7, 11) is 0. The average molecular weight is 437 g/mol. The standard InChI is InChI=1S/C23H26F3NO4/c1-22(2,3)31-21(28)27-13-12-16(14-27)15-29-18-8-10-20(11-9-18)30-19-6-4-17(5-7-19)23(24,25)26/h4-11,16H,12-15H2,1-3H3/t16-/m0/s1. The summed E-state index contributed by atoms with van der Waals surface area (Å²) >= 11 is 0. The largest absolute Gasteiger partial charge is 0.493 e. The van der Waals surface area contributed by atoms with Crippen molar-refractivity contribution < 1.29 is 32.2 Å². The second-order valence-corrected chi connectivity index (χ2v) is 8.49. The summed E-state index contributed by atoms with van der Waals surface area (Å²) in [6.07, 6.45) is -3.84. The zero-order chi connectivity index (χ0) is 22.6. The third-order valence-corrected chi connectivity index (χ3v) is 4.66. The van der Waals surface area contributed by atoms with Crippen LogP contribution in [0.5, 0.6) is 17.2 Å². The molecule has 0 bridgehead atoms. The van der Waals surface area contributed by atoms with Gasteiger partial charge in [0.05, 0.1) is 12.2 Å². The second-order valence-electron chi connectivity index (χ2n) is 8.49. The number of alkyl halides is 3. The van der Waals surface area contributed by atoms with Crippen LogP contribution in [0, 0.1) is 5.92 Å². The molecule has 0 N–H and O–H groups in total. The zero-order valence-electron chi connectivity index (χ0n) is 17.7. The SMILES string of the molecule is CC(C)(C)OC(=O)N1CC[C@H](COc2ccc(Oc3ccc(C(F)(F)F)cc3)cc2)C1. The van der Waals surface area contributed by atoms with Crippen LogP contribution < -0.4 is 9.47 Å². The summed E-state index contributed by atoms with van der Waals surface area (Å²) in [4.78, 5) is 13.8. The fourth-order valence-electron chi connectivity index (χ4n) is 3.13. The van der Waals surface area contributed by atoms with Crippen molar-refractivity contribution in [2.45, 2.75) is 39.0 Å². The van der Waals surface area contributed by atoms with Crippen molar-refractivity contribution in [1.29, 1.82) is 0 Å². The molecule has 168 valence electrons. The van der Waals surface area contributed by atoms with E-state index in [2.05, 4.69) is 0 Å². The molecule has 2 aromatic carbocycles. The molecule has 3 rings (SSSR count). The van der Waals surface area contributed by atoms with Crippen LogP contribution in [0.25, 0.3) is 0 Å². The highest BCUT2D eigenvalue weighted by atomic mass is 19.4. The maximum absolute atomic E-state index is 12.6. The van der Waals surface area contributed by atoms with Gasteiger partial charge in [-0.05, 0) is 75.7 Å². The van der Waals surface area contributed by atoms with Gasteiger partial charge in [-0.2, -0.15) is 13.2 Å². The van der Waals surface area contributed by atoms with Gasteiger partial charge in [0.1, 0.15) is 22.8 Å². The molecule has 0 aliphatic carbocycles. The number of carbonyl (C=O) groups excluding carboxylic acids is 1. The van der Waals surface area contributed by atoms with Crippen LogP contribution in [0.15, 0.2) is 48.5 Å². The van der Waals surface area contributed by atoms with Gasteiger partial charge < -0.3 is 19.1 Å². The van der Waals surface area contributed by atoms with Crippen molar-refractivity contribution in [2.75, 3.05) is 19.7 Å². The van der Waals surface area contributed by atoms with Crippen LogP contribution in [0.1, 0.15) is 32.8 Å². The number of amides is 1. The van der Waals surface area contributed by atoms with Gasteiger partial charge in [-0.15, -0.1) is 0 Å². The molecule has 0 unspecified atom stereocenters. The quantitative estimate of drug-likeness (QED) is 0.564. The highest BCUT2D eigenvalue weighted by molar-refractivity contribution is 5.68. The predicted octanol–water partition coefficient (Wildman–Crippen LogP) is 6.13. The van der Waals surface area contributed by atoms with E-state index in [1.165, 1.54) is 12.1 Å². The highest BCUT2D eigenvalue weighted by Gasteiger charge is 2.31. The smallest absolute Gasteiger partial charge is 0.416 e. The molecule has 1 amide bonds. The first-order valence-corrected chi connectivity index (χ1v) is 10.1. The summed E-state index contributed by atoms with van der Waals surface area (Å²) < 4.78 is 54.7. The van der Waals surface area contributed by atoms with E-state index in [1.807, 2.05) is 20.8 Å². The van der Waals surface area contributed by atoms with E-state index in [4.69, 9.17) is 14.2 Å². The van der Waals surface area contributed by atoms with E-state index in [0.29, 0.717) is 36.9 Å². The maximum atomic E-state index is 12.6. The minimum Gasteiger partial charge on any atom is -0.493 e. The normalized spacial score (nSPS) is 16.8. The Hall–Kier alpha value is -2.90. The molecule has 1 aliphatic rings. The number of hydrogen-bond donors (Lipinski definition) is 0. The number of rotatable bonds is 5. The average Bonchev–Trinajstić information content (AvgIpc) is 3.15. The molecule has 1 atom stereocenters. The lowest BCUT2D eigenvalue weighted by atomic mass is 10.1. The third kappa shape index (κ3) is 6.80. The predicted molar refractivity (Wildman–Crippen MR) is 109 cm³/mol. The molecule has 8 heteroatoms. The van der Waals surface area contributed by atoms with E-state index >= 15 is 0 Å². The fourth-order valence-corrected chi connectivity index (χ4v) is 3.13. The Morgan fingerprint density at radius 2 is 1.52 bits per heavy atom. The van der Waals surface area contributed by atoms with Gasteiger partial charge >= 0.3 is 12.3 Å². The third-order valence-electron chi connectivity index (χ3n) is 4.66. The first-order valence-electron chi connectivity index (χ1n) is 10.1. The lowest BCUT2D eigenvalue weighted by Gasteiger charge is -2.24. The molecular formula is C23H26F3NO4. The van der Waals surface area contributed by atoms with Gasteiger partial charge in [0.25, 0.3) is 0 Å². The minimum atomic E-state index is -4.37. The lowest BCUT2D eigenvalue weighted by Crippen LogP contribution is -2.35. The van der Waals surface area contributed by atoms with Crippen molar-refractivity contribution in [3.05, 3.63) is 54.1 Å². The molecule has 1 fully saturated rings. The first-order chi connectivity index (χ1) is 14.5. The molecule has 1 aliphatic heterocycles. The van der Waals surface area contributed by atoms with Crippen molar-refractivity contribution >= 4 is 6.09 Å². The number of benzene rings is 2. The number of carbonyl (C=O) groups is 1. The van der Waals surface area contributed by atoms with Gasteiger partial charge in [-0.1, -0.05) is 0 Å². The Balaban J connectivity index is 1.46. The summed E-state index contributed by atoms with van der Waals surface area (Å²) in [5, 5.41) is 0. The Morgan fingerprint density at radius 1 is 0.968 bits per heavy atom.